The second-order valence-corrected chi connectivity index (χ2v) is 4.84. The van der Waals surface area contributed by atoms with Crippen molar-refractivity contribution in [3.05, 3.63) is 12.7 Å². The molecular weight excluding hydrogens is 214 g/mol. The Morgan fingerprint density at radius 2 is 2.18 bits per heavy atom. The minimum atomic E-state index is 0.0696. The molecule has 1 aliphatic rings. The van der Waals surface area contributed by atoms with Crippen molar-refractivity contribution in [1.82, 2.24) is 15.5 Å². The lowest BCUT2D eigenvalue weighted by Crippen LogP contribution is -2.38. The number of carbonyl (C=O) groups is 1. The quantitative estimate of drug-likeness (QED) is 0.482. The number of rotatable bonds is 8. The molecule has 1 fully saturated rings. The van der Waals surface area contributed by atoms with E-state index in [0.29, 0.717) is 19.0 Å². The smallest absolute Gasteiger partial charge is 0.233 e. The van der Waals surface area contributed by atoms with Crippen molar-refractivity contribution >= 4 is 5.91 Å². The molecule has 1 atom stereocenters. The average Bonchev–Trinajstić information content (AvgIpc) is 2.79. The maximum Gasteiger partial charge on any atom is 0.233 e. The lowest BCUT2D eigenvalue weighted by atomic mass is 10.1. The summed E-state index contributed by atoms with van der Waals surface area (Å²) in [5, 5.41) is 5.94. The number of likely N-dealkylation sites (tertiary alicyclic amines) is 1. The molecule has 4 nitrogen and oxygen atoms in total. The molecule has 1 amide bonds. The standard InChI is InChI=1S/C13H25N3O/c1-3-6-14-10-13(17)15-9-12(2)11-16-7-4-5-8-16/h3,12,14H,1,4-11H2,2H3,(H,15,17). The molecule has 0 aromatic rings. The molecule has 0 saturated carbocycles. The first-order valence-electron chi connectivity index (χ1n) is 6.53. The number of amides is 1. The van der Waals surface area contributed by atoms with Crippen LogP contribution in [0.5, 0.6) is 0 Å². The molecule has 0 bridgehead atoms. The zero-order valence-electron chi connectivity index (χ0n) is 10.9. The van der Waals surface area contributed by atoms with E-state index in [1.807, 2.05) is 0 Å². The van der Waals surface area contributed by atoms with E-state index in [2.05, 4.69) is 29.0 Å². The van der Waals surface area contributed by atoms with Gasteiger partial charge in [0.25, 0.3) is 0 Å². The van der Waals surface area contributed by atoms with E-state index in [1.54, 1.807) is 6.08 Å². The van der Waals surface area contributed by atoms with Gasteiger partial charge in [0.1, 0.15) is 0 Å². The lowest BCUT2D eigenvalue weighted by molar-refractivity contribution is -0.120. The minimum absolute atomic E-state index is 0.0696. The number of nitrogens with zero attached hydrogens (tertiary/aromatic N) is 1. The van der Waals surface area contributed by atoms with Crippen LogP contribution >= 0.6 is 0 Å². The van der Waals surface area contributed by atoms with Gasteiger partial charge in [-0.15, -0.1) is 6.58 Å². The molecular formula is C13H25N3O. The summed E-state index contributed by atoms with van der Waals surface area (Å²) in [6.45, 7) is 11.1. The first-order chi connectivity index (χ1) is 8.22. The van der Waals surface area contributed by atoms with E-state index >= 15 is 0 Å². The van der Waals surface area contributed by atoms with Crippen LogP contribution in [0.25, 0.3) is 0 Å². The number of carbonyl (C=O) groups excluding carboxylic acids is 1. The zero-order chi connectivity index (χ0) is 12.5. The maximum atomic E-state index is 11.4. The van der Waals surface area contributed by atoms with Crippen molar-refractivity contribution in [3.8, 4) is 0 Å². The summed E-state index contributed by atoms with van der Waals surface area (Å²) < 4.78 is 0. The number of nitrogens with one attached hydrogen (secondary N) is 2. The van der Waals surface area contributed by atoms with E-state index in [4.69, 9.17) is 0 Å². The highest BCUT2D eigenvalue weighted by Crippen LogP contribution is 2.09. The SMILES string of the molecule is C=CCNCC(=O)NCC(C)CN1CCCC1. The second kappa shape index (κ2) is 8.25. The Balaban J connectivity index is 2.03. The van der Waals surface area contributed by atoms with E-state index in [-0.39, 0.29) is 5.91 Å². The van der Waals surface area contributed by atoms with Crippen LogP contribution in [0, 0.1) is 5.92 Å². The summed E-state index contributed by atoms with van der Waals surface area (Å²) >= 11 is 0. The van der Waals surface area contributed by atoms with Gasteiger partial charge in [-0.1, -0.05) is 13.0 Å². The molecule has 4 heteroatoms. The highest BCUT2D eigenvalue weighted by Gasteiger charge is 2.14. The predicted molar refractivity (Wildman–Crippen MR) is 70.9 cm³/mol. The highest BCUT2D eigenvalue weighted by atomic mass is 16.1. The average molecular weight is 239 g/mol. The van der Waals surface area contributed by atoms with Gasteiger partial charge < -0.3 is 15.5 Å². The zero-order valence-corrected chi connectivity index (χ0v) is 10.9. The van der Waals surface area contributed by atoms with Crippen LogP contribution in [0.1, 0.15) is 19.8 Å². The molecule has 1 unspecified atom stereocenters. The molecule has 17 heavy (non-hydrogen) atoms. The summed E-state index contributed by atoms with van der Waals surface area (Å²) in [7, 11) is 0. The Hall–Kier alpha value is -0.870. The van der Waals surface area contributed by atoms with Crippen molar-refractivity contribution in [2.45, 2.75) is 19.8 Å². The van der Waals surface area contributed by atoms with Crippen molar-refractivity contribution in [2.24, 2.45) is 5.92 Å². The van der Waals surface area contributed by atoms with E-state index < -0.39 is 0 Å². The van der Waals surface area contributed by atoms with E-state index in [9.17, 15) is 4.79 Å². The van der Waals surface area contributed by atoms with E-state index in [0.717, 1.165) is 13.1 Å². The minimum Gasteiger partial charge on any atom is -0.355 e. The monoisotopic (exact) mass is 239 g/mol. The molecule has 0 aromatic carbocycles. The fourth-order valence-electron chi connectivity index (χ4n) is 2.11. The van der Waals surface area contributed by atoms with Gasteiger partial charge >= 0.3 is 0 Å². The Labute approximate surface area is 104 Å². The largest absolute Gasteiger partial charge is 0.355 e. The predicted octanol–water partition coefficient (Wildman–Crippen LogP) is 0.610. The van der Waals surface area contributed by atoms with Crippen LogP contribution in [0.15, 0.2) is 12.7 Å². The number of hydrogen-bond acceptors (Lipinski definition) is 3. The summed E-state index contributed by atoms with van der Waals surface area (Å²) in [6, 6.07) is 0. The molecule has 0 aromatic heterocycles. The van der Waals surface area contributed by atoms with Crippen LogP contribution in [-0.4, -0.2) is 50.1 Å². The van der Waals surface area contributed by atoms with Crippen LogP contribution in [0.3, 0.4) is 0 Å². The third-order valence-corrected chi connectivity index (χ3v) is 2.99. The summed E-state index contributed by atoms with van der Waals surface area (Å²) in [6.07, 6.45) is 4.40. The molecule has 0 spiro atoms. The third kappa shape index (κ3) is 6.44. The maximum absolute atomic E-state index is 11.4. The molecule has 0 aliphatic carbocycles. The Morgan fingerprint density at radius 3 is 2.82 bits per heavy atom. The van der Waals surface area contributed by atoms with Gasteiger partial charge in [0.2, 0.25) is 5.91 Å². The molecule has 0 radical (unpaired) electrons. The van der Waals surface area contributed by atoms with Crippen molar-refractivity contribution < 1.29 is 4.79 Å². The fourth-order valence-corrected chi connectivity index (χ4v) is 2.11. The molecule has 1 saturated heterocycles. The highest BCUT2D eigenvalue weighted by molar-refractivity contribution is 5.77. The van der Waals surface area contributed by atoms with Crippen molar-refractivity contribution in [3.63, 3.8) is 0 Å². The van der Waals surface area contributed by atoms with Gasteiger partial charge in [-0.3, -0.25) is 4.79 Å². The normalized spacial score (nSPS) is 17.9. The third-order valence-electron chi connectivity index (χ3n) is 2.99. The van der Waals surface area contributed by atoms with Gasteiger partial charge in [-0.25, -0.2) is 0 Å². The molecule has 1 aliphatic heterocycles. The van der Waals surface area contributed by atoms with Gasteiger partial charge in [0, 0.05) is 19.6 Å². The first kappa shape index (κ1) is 14.2. The van der Waals surface area contributed by atoms with Gasteiger partial charge in [-0.2, -0.15) is 0 Å². The van der Waals surface area contributed by atoms with Gasteiger partial charge in [-0.05, 0) is 31.8 Å². The molecule has 1 heterocycles. The summed E-state index contributed by atoms with van der Waals surface area (Å²) in [4.78, 5) is 13.9. The van der Waals surface area contributed by atoms with Gasteiger partial charge in [0.05, 0.1) is 6.54 Å². The first-order valence-corrected chi connectivity index (χ1v) is 6.53. The molecule has 98 valence electrons. The second-order valence-electron chi connectivity index (χ2n) is 4.84. The van der Waals surface area contributed by atoms with Crippen LogP contribution in [0.4, 0.5) is 0 Å². The summed E-state index contributed by atoms with van der Waals surface area (Å²) in [5.74, 6) is 0.594. The Morgan fingerprint density at radius 1 is 1.47 bits per heavy atom. The molecule has 1 rings (SSSR count). The fraction of sp³-hybridized carbons (Fsp3) is 0.769. The topological polar surface area (TPSA) is 44.4 Å². The van der Waals surface area contributed by atoms with Crippen LogP contribution in [0.2, 0.25) is 0 Å². The lowest BCUT2D eigenvalue weighted by Gasteiger charge is -2.20. The van der Waals surface area contributed by atoms with Crippen molar-refractivity contribution in [1.29, 1.82) is 0 Å². The Kier molecular flexibility index (Phi) is 6.89. The van der Waals surface area contributed by atoms with E-state index in [1.165, 1.54) is 25.9 Å². The van der Waals surface area contributed by atoms with Crippen LogP contribution in [-0.2, 0) is 4.79 Å². The Bertz CT molecular complexity index is 237. The van der Waals surface area contributed by atoms with Crippen molar-refractivity contribution in [2.75, 3.05) is 39.3 Å². The molecule has 2 N–H and O–H groups in total. The summed E-state index contributed by atoms with van der Waals surface area (Å²) in [5.41, 5.74) is 0. The van der Waals surface area contributed by atoms with Gasteiger partial charge in [0.15, 0.2) is 0 Å². The number of hydrogen-bond donors (Lipinski definition) is 2. The van der Waals surface area contributed by atoms with Crippen LogP contribution < -0.4 is 10.6 Å².